The standard InChI is InChI=1S/C24H41NO2/c1-19-9-11-21(8-6-4-5-7-15-27-3)16-22(19)12-10-20(2)23-13-14-24(25,17-23)18-26/h10,12,21,23,26H,2,4-9,11,13-18,25H2,1,3H3/b12-10-/t21?,23-,24-/m1/s1. The minimum atomic E-state index is -0.393. The molecule has 154 valence electrons. The van der Waals surface area contributed by atoms with Gasteiger partial charge in [0.1, 0.15) is 0 Å². The van der Waals surface area contributed by atoms with Crippen molar-refractivity contribution in [3.63, 3.8) is 0 Å². The van der Waals surface area contributed by atoms with Crippen molar-refractivity contribution in [1.82, 2.24) is 0 Å². The van der Waals surface area contributed by atoms with Gasteiger partial charge in [-0.2, -0.15) is 0 Å². The summed E-state index contributed by atoms with van der Waals surface area (Å²) < 4.78 is 5.12. The zero-order valence-corrected chi connectivity index (χ0v) is 17.6. The Morgan fingerprint density at radius 2 is 2.07 bits per heavy atom. The summed E-state index contributed by atoms with van der Waals surface area (Å²) in [5, 5.41) is 9.47. The first kappa shape index (κ1) is 22.4. The molecular formula is C24H41NO2. The lowest BCUT2D eigenvalue weighted by Gasteiger charge is -2.25. The van der Waals surface area contributed by atoms with Crippen molar-refractivity contribution in [1.29, 1.82) is 0 Å². The van der Waals surface area contributed by atoms with Crippen molar-refractivity contribution in [3.8, 4) is 0 Å². The second-order valence-corrected chi connectivity index (χ2v) is 8.98. The monoisotopic (exact) mass is 375 g/mol. The van der Waals surface area contributed by atoms with Crippen LogP contribution in [0, 0.1) is 11.8 Å². The van der Waals surface area contributed by atoms with Crippen molar-refractivity contribution < 1.29 is 9.84 Å². The molecule has 0 spiro atoms. The molecule has 2 aliphatic rings. The van der Waals surface area contributed by atoms with Gasteiger partial charge in [-0.3, -0.25) is 0 Å². The molecule has 27 heavy (non-hydrogen) atoms. The third-order valence-corrected chi connectivity index (χ3v) is 6.68. The summed E-state index contributed by atoms with van der Waals surface area (Å²) in [6.45, 7) is 7.56. The first-order chi connectivity index (χ1) is 13.0. The molecule has 1 saturated carbocycles. The second kappa shape index (κ2) is 11.2. The van der Waals surface area contributed by atoms with Gasteiger partial charge < -0.3 is 15.6 Å². The van der Waals surface area contributed by atoms with Gasteiger partial charge in [0, 0.05) is 19.3 Å². The molecule has 2 rings (SSSR count). The van der Waals surface area contributed by atoms with Crippen LogP contribution in [-0.4, -0.2) is 31.0 Å². The number of unbranched alkanes of at least 4 members (excludes halogenated alkanes) is 3. The summed E-state index contributed by atoms with van der Waals surface area (Å²) in [5.41, 5.74) is 10.1. The fourth-order valence-corrected chi connectivity index (χ4v) is 4.62. The summed E-state index contributed by atoms with van der Waals surface area (Å²) in [7, 11) is 1.78. The van der Waals surface area contributed by atoms with Gasteiger partial charge in [0.25, 0.3) is 0 Å². The third kappa shape index (κ3) is 7.21. The van der Waals surface area contributed by atoms with E-state index in [0.29, 0.717) is 5.92 Å². The van der Waals surface area contributed by atoms with Crippen LogP contribution in [0.25, 0.3) is 0 Å². The number of aliphatic hydroxyl groups excluding tert-OH is 1. The number of ether oxygens (including phenoxy) is 1. The van der Waals surface area contributed by atoms with Crippen LogP contribution < -0.4 is 5.73 Å². The average molecular weight is 376 g/mol. The Kier molecular flexibility index (Phi) is 9.28. The molecule has 0 aromatic heterocycles. The summed E-state index contributed by atoms with van der Waals surface area (Å²) in [4.78, 5) is 0. The fourth-order valence-electron chi connectivity index (χ4n) is 4.62. The first-order valence-electron chi connectivity index (χ1n) is 10.9. The molecule has 0 amide bonds. The molecular weight excluding hydrogens is 334 g/mol. The molecule has 3 heteroatoms. The summed E-state index contributed by atoms with van der Waals surface area (Å²) >= 11 is 0. The smallest absolute Gasteiger partial charge is 0.0611 e. The van der Waals surface area contributed by atoms with Crippen LogP contribution >= 0.6 is 0 Å². The molecule has 0 heterocycles. The van der Waals surface area contributed by atoms with E-state index >= 15 is 0 Å². The Morgan fingerprint density at radius 3 is 2.78 bits per heavy atom. The zero-order valence-electron chi connectivity index (χ0n) is 17.6. The maximum absolute atomic E-state index is 9.47. The van der Waals surface area contributed by atoms with Crippen LogP contribution in [0.3, 0.4) is 0 Å². The van der Waals surface area contributed by atoms with Gasteiger partial charge in [-0.15, -0.1) is 0 Å². The molecule has 3 atom stereocenters. The largest absolute Gasteiger partial charge is 0.394 e. The lowest BCUT2D eigenvalue weighted by Crippen LogP contribution is -2.40. The van der Waals surface area contributed by atoms with E-state index in [1.54, 1.807) is 12.7 Å². The van der Waals surface area contributed by atoms with E-state index in [1.165, 1.54) is 62.5 Å². The molecule has 0 aromatic rings. The quantitative estimate of drug-likeness (QED) is 0.380. The van der Waals surface area contributed by atoms with Crippen LogP contribution in [0.2, 0.25) is 0 Å². The summed E-state index contributed by atoms with van der Waals surface area (Å²) in [6, 6.07) is 0. The van der Waals surface area contributed by atoms with Gasteiger partial charge in [-0.05, 0) is 69.3 Å². The minimum Gasteiger partial charge on any atom is -0.394 e. The normalized spacial score (nSPS) is 29.0. The van der Waals surface area contributed by atoms with E-state index in [-0.39, 0.29) is 6.61 Å². The molecule has 3 N–H and O–H groups in total. The number of nitrogens with two attached hydrogens (primary N) is 1. The molecule has 1 unspecified atom stereocenters. The lowest BCUT2D eigenvalue weighted by molar-refractivity contribution is 0.191. The number of aliphatic hydroxyl groups is 1. The van der Waals surface area contributed by atoms with Crippen molar-refractivity contribution in [2.45, 2.75) is 83.1 Å². The van der Waals surface area contributed by atoms with Crippen LogP contribution in [0.4, 0.5) is 0 Å². The van der Waals surface area contributed by atoms with Crippen LogP contribution in [0.5, 0.6) is 0 Å². The second-order valence-electron chi connectivity index (χ2n) is 8.98. The Bertz CT molecular complexity index is 536. The molecule has 0 aliphatic heterocycles. The third-order valence-electron chi connectivity index (χ3n) is 6.68. The highest BCUT2D eigenvalue weighted by Gasteiger charge is 2.35. The maximum Gasteiger partial charge on any atom is 0.0611 e. The molecule has 1 fully saturated rings. The molecule has 0 aromatic carbocycles. The van der Waals surface area contributed by atoms with Crippen LogP contribution in [0.1, 0.15) is 77.6 Å². The number of methoxy groups -OCH3 is 1. The fraction of sp³-hybridized carbons (Fsp3) is 0.750. The van der Waals surface area contributed by atoms with Gasteiger partial charge in [0.05, 0.1) is 6.61 Å². The van der Waals surface area contributed by atoms with E-state index in [1.807, 2.05) is 0 Å². The molecule has 2 aliphatic carbocycles. The van der Waals surface area contributed by atoms with Crippen molar-refractivity contribution in [3.05, 3.63) is 35.5 Å². The zero-order chi connectivity index (χ0) is 19.7. The predicted molar refractivity (Wildman–Crippen MR) is 115 cm³/mol. The Morgan fingerprint density at radius 1 is 1.30 bits per heavy atom. The minimum absolute atomic E-state index is 0.0813. The average Bonchev–Trinajstić information content (AvgIpc) is 3.07. The number of rotatable bonds is 11. The van der Waals surface area contributed by atoms with E-state index in [2.05, 4.69) is 25.7 Å². The Balaban J connectivity index is 1.77. The van der Waals surface area contributed by atoms with Gasteiger partial charge in [0.15, 0.2) is 0 Å². The Labute approximate surface area is 166 Å². The van der Waals surface area contributed by atoms with E-state index in [4.69, 9.17) is 10.5 Å². The number of allylic oxidation sites excluding steroid dienone is 5. The van der Waals surface area contributed by atoms with E-state index < -0.39 is 5.54 Å². The van der Waals surface area contributed by atoms with Gasteiger partial charge in [0.2, 0.25) is 0 Å². The summed E-state index contributed by atoms with van der Waals surface area (Å²) in [5.74, 6) is 1.26. The van der Waals surface area contributed by atoms with Crippen LogP contribution in [0.15, 0.2) is 35.5 Å². The van der Waals surface area contributed by atoms with Crippen LogP contribution in [-0.2, 0) is 4.74 Å². The van der Waals surface area contributed by atoms with Crippen molar-refractivity contribution >= 4 is 0 Å². The Hall–Kier alpha value is -0.900. The molecule has 3 nitrogen and oxygen atoms in total. The molecule has 0 saturated heterocycles. The highest BCUT2D eigenvalue weighted by molar-refractivity contribution is 5.33. The number of hydrogen-bond donors (Lipinski definition) is 2. The SMILES string of the molecule is C=C(/C=C\C1=C(C)CCC(CCCCCCOC)C1)[C@@H]1CC[C@](N)(CO)C1. The summed E-state index contributed by atoms with van der Waals surface area (Å²) in [6.07, 6.45) is 17.7. The topological polar surface area (TPSA) is 55.5 Å². The van der Waals surface area contributed by atoms with Crippen molar-refractivity contribution in [2.75, 3.05) is 20.3 Å². The highest BCUT2D eigenvalue weighted by Crippen LogP contribution is 2.38. The highest BCUT2D eigenvalue weighted by atomic mass is 16.5. The lowest BCUT2D eigenvalue weighted by atomic mass is 9.81. The maximum atomic E-state index is 9.47. The van der Waals surface area contributed by atoms with Crippen molar-refractivity contribution in [2.24, 2.45) is 17.6 Å². The molecule has 0 radical (unpaired) electrons. The van der Waals surface area contributed by atoms with Gasteiger partial charge >= 0.3 is 0 Å². The van der Waals surface area contributed by atoms with Gasteiger partial charge in [-0.1, -0.05) is 55.6 Å². The predicted octanol–water partition coefficient (Wildman–Crippen LogP) is 5.30. The van der Waals surface area contributed by atoms with E-state index in [0.717, 1.165) is 31.8 Å². The van der Waals surface area contributed by atoms with Gasteiger partial charge in [-0.25, -0.2) is 0 Å². The first-order valence-corrected chi connectivity index (χ1v) is 10.9. The molecule has 0 bridgehead atoms. The number of hydrogen-bond acceptors (Lipinski definition) is 3. The van der Waals surface area contributed by atoms with E-state index in [9.17, 15) is 5.11 Å².